The van der Waals surface area contributed by atoms with E-state index < -0.39 is 0 Å². The first-order chi connectivity index (χ1) is 8.13. The number of rotatable bonds is 3. The zero-order valence-electron chi connectivity index (χ0n) is 10.1. The SMILES string of the molecule is Cc1cc(C)nc(N/N=C/c2ccc(C)o2)n1. The molecule has 0 fully saturated rings. The summed E-state index contributed by atoms with van der Waals surface area (Å²) in [5.41, 5.74) is 4.58. The van der Waals surface area contributed by atoms with E-state index in [0.29, 0.717) is 11.7 Å². The van der Waals surface area contributed by atoms with Gasteiger partial charge in [0.05, 0.1) is 6.21 Å². The van der Waals surface area contributed by atoms with Gasteiger partial charge in [-0.25, -0.2) is 15.4 Å². The molecule has 17 heavy (non-hydrogen) atoms. The molecule has 0 saturated carbocycles. The van der Waals surface area contributed by atoms with Crippen molar-refractivity contribution in [2.75, 3.05) is 5.43 Å². The van der Waals surface area contributed by atoms with Gasteiger partial charge in [-0.3, -0.25) is 0 Å². The number of furan rings is 1. The van der Waals surface area contributed by atoms with Gasteiger partial charge >= 0.3 is 0 Å². The molecule has 1 N–H and O–H groups in total. The number of nitrogens with one attached hydrogen (secondary N) is 1. The fourth-order valence-electron chi connectivity index (χ4n) is 1.45. The van der Waals surface area contributed by atoms with Crippen LogP contribution in [0, 0.1) is 20.8 Å². The number of aromatic nitrogens is 2. The molecule has 5 nitrogen and oxygen atoms in total. The quantitative estimate of drug-likeness (QED) is 0.649. The molecule has 88 valence electrons. The third-order valence-corrected chi connectivity index (χ3v) is 2.10. The van der Waals surface area contributed by atoms with Crippen molar-refractivity contribution in [2.24, 2.45) is 5.10 Å². The van der Waals surface area contributed by atoms with Crippen LogP contribution in [0.5, 0.6) is 0 Å². The highest BCUT2D eigenvalue weighted by molar-refractivity contribution is 5.76. The fourth-order valence-corrected chi connectivity index (χ4v) is 1.45. The van der Waals surface area contributed by atoms with Gasteiger partial charge in [0.25, 0.3) is 0 Å². The average molecular weight is 230 g/mol. The summed E-state index contributed by atoms with van der Waals surface area (Å²) in [6, 6.07) is 5.64. The average Bonchev–Trinajstić information content (AvgIpc) is 2.63. The Morgan fingerprint density at radius 1 is 1.18 bits per heavy atom. The van der Waals surface area contributed by atoms with Gasteiger partial charge in [-0.05, 0) is 39.0 Å². The molecular formula is C12H14N4O. The van der Waals surface area contributed by atoms with Gasteiger partial charge in [0.2, 0.25) is 5.95 Å². The molecule has 0 aliphatic rings. The van der Waals surface area contributed by atoms with Crippen LogP contribution in [-0.2, 0) is 0 Å². The topological polar surface area (TPSA) is 63.3 Å². The van der Waals surface area contributed by atoms with E-state index in [1.807, 2.05) is 39.0 Å². The van der Waals surface area contributed by atoms with Crippen molar-refractivity contribution < 1.29 is 4.42 Å². The first-order valence-corrected chi connectivity index (χ1v) is 5.31. The molecular weight excluding hydrogens is 216 g/mol. The molecule has 2 rings (SSSR count). The van der Waals surface area contributed by atoms with Crippen molar-refractivity contribution in [2.45, 2.75) is 20.8 Å². The smallest absolute Gasteiger partial charge is 0.243 e. The molecule has 0 amide bonds. The number of aryl methyl sites for hydroxylation is 3. The normalized spacial score (nSPS) is 11.0. The van der Waals surface area contributed by atoms with E-state index in [-0.39, 0.29) is 0 Å². The molecule has 2 aromatic heterocycles. The van der Waals surface area contributed by atoms with E-state index in [0.717, 1.165) is 17.1 Å². The van der Waals surface area contributed by atoms with Gasteiger partial charge < -0.3 is 4.42 Å². The minimum absolute atomic E-state index is 0.488. The summed E-state index contributed by atoms with van der Waals surface area (Å²) in [5, 5.41) is 4.01. The van der Waals surface area contributed by atoms with Crippen LogP contribution in [0.25, 0.3) is 0 Å². The second kappa shape index (κ2) is 4.78. The molecule has 5 heteroatoms. The van der Waals surface area contributed by atoms with Crippen molar-refractivity contribution in [3.63, 3.8) is 0 Å². The minimum Gasteiger partial charge on any atom is -0.460 e. The first-order valence-electron chi connectivity index (χ1n) is 5.31. The maximum absolute atomic E-state index is 5.34. The van der Waals surface area contributed by atoms with Crippen LogP contribution in [0.3, 0.4) is 0 Å². The Kier molecular flexibility index (Phi) is 3.18. The fraction of sp³-hybridized carbons (Fsp3) is 0.250. The third kappa shape index (κ3) is 3.14. The Labute approximate surface area is 99.6 Å². The summed E-state index contributed by atoms with van der Waals surface area (Å²) < 4.78 is 5.34. The van der Waals surface area contributed by atoms with Crippen LogP contribution in [0.1, 0.15) is 22.9 Å². The second-order valence-corrected chi connectivity index (χ2v) is 3.79. The number of nitrogens with zero attached hydrogens (tertiary/aromatic N) is 3. The lowest BCUT2D eigenvalue weighted by Gasteiger charge is -2.00. The molecule has 0 radical (unpaired) electrons. The number of hydrogen-bond acceptors (Lipinski definition) is 5. The van der Waals surface area contributed by atoms with Gasteiger partial charge in [0.15, 0.2) is 0 Å². The Morgan fingerprint density at radius 3 is 2.47 bits per heavy atom. The molecule has 0 aliphatic carbocycles. The number of hydrazone groups is 1. The molecule has 0 unspecified atom stereocenters. The molecule has 0 spiro atoms. The van der Waals surface area contributed by atoms with E-state index in [4.69, 9.17) is 4.42 Å². The molecule has 0 saturated heterocycles. The van der Waals surface area contributed by atoms with Crippen LogP contribution < -0.4 is 5.43 Å². The largest absolute Gasteiger partial charge is 0.460 e. The van der Waals surface area contributed by atoms with E-state index >= 15 is 0 Å². The highest BCUT2D eigenvalue weighted by Crippen LogP contribution is 2.05. The van der Waals surface area contributed by atoms with Crippen LogP contribution in [0.2, 0.25) is 0 Å². The van der Waals surface area contributed by atoms with Crippen molar-refractivity contribution in [3.05, 3.63) is 41.1 Å². The predicted molar refractivity (Wildman–Crippen MR) is 66.2 cm³/mol. The Morgan fingerprint density at radius 2 is 1.88 bits per heavy atom. The number of anilines is 1. The highest BCUT2D eigenvalue weighted by Gasteiger charge is 1.97. The zero-order valence-corrected chi connectivity index (χ0v) is 10.1. The van der Waals surface area contributed by atoms with Crippen molar-refractivity contribution in [3.8, 4) is 0 Å². The predicted octanol–water partition coefficient (Wildman–Crippen LogP) is 2.44. The standard InChI is InChI=1S/C12H14N4O/c1-8-6-9(2)15-12(14-8)16-13-7-11-5-4-10(3)17-11/h4-7H,1-3H3,(H,14,15,16)/b13-7+. The van der Waals surface area contributed by atoms with Crippen LogP contribution in [0.4, 0.5) is 5.95 Å². The minimum atomic E-state index is 0.488. The first kappa shape index (κ1) is 11.3. The lowest BCUT2D eigenvalue weighted by Crippen LogP contribution is -1.99. The van der Waals surface area contributed by atoms with Crippen molar-refractivity contribution in [1.29, 1.82) is 0 Å². The van der Waals surface area contributed by atoms with Gasteiger partial charge in [0, 0.05) is 11.4 Å². The second-order valence-electron chi connectivity index (χ2n) is 3.79. The summed E-state index contributed by atoms with van der Waals surface area (Å²) >= 11 is 0. The van der Waals surface area contributed by atoms with Gasteiger partial charge in [-0.1, -0.05) is 0 Å². The summed E-state index contributed by atoms with van der Waals surface area (Å²) in [4.78, 5) is 8.41. The van der Waals surface area contributed by atoms with Crippen molar-refractivity contribution in [1.82, 2.24) is 9.97 Å². The zero-order chi connectivity index (χ0) is 12.3. The van der Waals surface area contributed by atoms with E-state index in [1.165, 1.54) is 0 Å². The summed E-state index contributed by atoms with van der Waals surface area (Å²) in [7, 11) is 0. The van der Waals surface area contributed by atoms with Crippen LogP contribution in [0.15, 0.2) is 27.7 Å². The summed E-state index contributed by atoms with van der Waals surface area (Å²) in [5.74, 6) is 2.04. The third-order valence-electron chi connectivity index (χ3n) is 2.10. The lowest BCUT2D eigenvalue weighted by atomic mass is 10.4. The Bertz CT molecular complexity index is 525. The molecule has 2 heterocycles. The van der Waals surface area contributed by atoms with E-state index in [1.54, 1.807) is 6.21 Å². The van der Waals surface area contributed by atoms with Crippen LogP contribution in [-0.4, -0.2) is 16.2 Å². The molecule has 0 aliphatic heterocycles. The maximum Gasteiger partial charge on any atom is 0.243 e. The molecule has 2 aromatic rings. The summed E-state index contributed by atoms with van der Waals surface area (Å²) in [6.07, 6.45) is 1.59. The monoisotopic (exact) mass is 230 g/mol. The molecule has 0 bridgehead atoms. The Hall–Kier alpha value is -2.17. The highest BCUT2D eigenvalue weighted by atomic mass is 16.3. The van der Waals surface area contributed by atoms with E-state index in [9.17, 15) is 0 Å². The van der Waals surface area contributed by atoms with Gasteiger partial charge in [-0.2, -0.15) is 5.10 Å². The summed E-state index contributed by atoms with van der Waals surface area (Å²) in [6.45, 7) is 5.72. The number of hydrogen-bond donors (Lipinski definition) is 1. The molecule has 0 atom stereocenters. The maximum atomic E-state index is 5.34. The van der Waals surface area contributed by atoms with Gasteiger partial charge in [-0.15, -0.1) is 0 Å². The van der Waals surface area contributed by atoms with Crippen molar-refractivity contribution >= 4 is 12.2 Å². The van der Waals surface area contributed by atoms with Crippen LogP contribution >= 0.6 is 0 Å². The Balaban J connectivity index is 2.04. The van der Waals surface area contributed by atoms with E-state index in [2.05, 4.69) is 20.5 Å². The lowest BCUT2D eigenvalue weighted by molar-refractivity contribution is 0.528. The molecule has 0 aromatic carbocycles. The van der Waals surface area contributed by atoms with Gasteiger partial charge in [0.1, 0.15) is 11.5 Å².